The van der Waals surface area contributed by atoms with E-state index in [-0.39, 0.29) is 35.8 Å². The van der Waals surface area contributed by atoms with Crippen molar-refractivity contribution in [2.75, 3.05) is 11.9 Å². The first-order chi connectivity index (χ1) is 13.4. The van der Waals surface area contributed by atoms with Gasteiger partial charge in [-0.05, 0) is 38.5 Å². The minimum Gasteiger partial charge on any atom is -0.334 e. The third-order valence-electron chi connectivity index (χ3n) is 4.16. The molecule has 0 spiro atoms. The van der Waals surface area contributed by atoms with Crippen molar-refractivity contribution in [1.29, 1.82) is 0 Å². The third-order valence-corrected chi connectivity index (χ3v) is 4.16. The van der Waals surface area contributed by atoms with Gasteiger partial charge in [-0.25, -0.2) is 13.9 Å². The molecule has 2 aromatic rings. The zero-order valence-corrected chi connectivity index (χ0v) is 17.9. The number of halogens is 1. The van der Waals surface area contributed by atoms with Gasteiger partial charge in [0.25, 0.3) is 0 Å². The van der Waals surface area contributed by atoms with Gasteiger partial charge in [-0.15, -0.1) is 0 Å². The number of benzene rings is 1. The normalized spacial score (nSPS) is 11.8. The fourth-order valence-electron chi connectivity index (χ4n) is 2.54. The lowest BCUT2D eigenvalue weighted by Gasteiger charge is -2.23. The Morgan fingerprint density at radius 2 is 1.66 bits per heavy atom. The topological polar surface area (TPSA) is 88.0 Å². The van der Waals surface area contributed by atoms with Crippen molar-refractivity contribution in [3.05, 3.63) is 47.4 Å². The van der Waals surface area contributed by atoms with Crippen LogP contribution in [0, 0.1) is 5.82 Å². The molecule has 158 valence electrons. The Bertz CT molecular complexity index is 861. The molecule has 0 aliphatic carbocycles. The number of anilines is 1. The zero-order valence-electron chi connectivity index (χ0n) is 17.9. The molecule has 0 saturated carbocycles. The molecule has 1 aromatic heterocycles. The van der Waals surface area contributed by atoms with Gasteiger partial charge in [0.15, 0.2) is 0 Å². The van der Waals surface area contributed by atoms with E-state index in [2.05, 4.69) is 41.8 Å². The summed E-state index contributed by atoms with van der Waals surface area (Å²) in [6, 6.07) is 7.20. The largest absolute Gasteiger partial charge is 0.334 e. The summed E-state index contributed by atoms with van der Waals surface area (Å²) in [4.78, 5) is 24.2. The molecule has 0 unspecified atom stereocenters. The van der Waals surface area contributed by atoms with Gasteiger partial charge in [-0.1, -0.05) is 32.9 Å². The Balaban J connectivity index is 1.92. The minimum absolute atomic E-state index is 0.158. The van der Waals surface area contributed by atoms with Crippen molar-refractivity contribution in [2.24, 2.45) is 0 Å². The average molecular weight is 404 g/mol. The first-order valence-corrected chi connectivity index (χ1v) is 9.53. The lowest BCUT2D eigenvalue weighted by Crippen LogP contribution is -2.40. The van der Waals surface area contributed by atoms with Crippen LogP contribution in [-0.4, -0.2) is 28.3 Å². The highest BCUT2D eigenvalue weighted by molar-refractivity contribution is 5.93. The molecule has 3 N–H and O–H groups in total. The van der Waals surface area contributed by atoms with Crippen LogP contribution >= 0.6 is 0 Å². The Morgan fingerprint density at radius 1 is 1.03 bits per heavy atom. The number of carbonyl (C=O) groups excluding carboxylic acids is 2. The third kappa shape index (κ3) is 6.58. The Morgan fingerprint density at radius 3 is 2.21 bits per heavy atom. The van der Waals surface area contributed by atoms with E-state index in [4.69, 9.17) is 0 Å². The van der Waals surface area contributed by atoms with E-state index in [0.717, 1.165) is 11.3 Å². The number of hydrogen-bond donors (Lipinski definition) is 3. The van der Waals surface area contributed by atoms with Crippen LogP contribution in [0.1, 0.15) is 52.8 Å². The molecule has 8 heteroatoms. The van der Waals surface area contributed by atoms with Crippen molar-refractivity contribution in [3.63, 3.8) is 0 Å². The number of nitrogens with zero attached hydrogens (tertiary/aromatic N) is 2. The molecule has 0 aliphatic heterocycles. The number of rotatable bonds is 5. The summed E-state index contributed by atoms with van der Waals surface area (Å²) in [6.45, 7) is 12.2. The number of hydrogen-bond acceptors (Lipinski definition) is 3. The van der Waals surface area contributed by atoms with Crippen LogP contribution in [0.15, 0.2) is 30.3 Å². The average Bonchev–Trinajstić information content (AvgIpc) is 3.04. The first kappa shape index (κ1) is 22.4. The summed E-state index contributed by atoms with van der Waals surface area (Å²) in [5.74, 6) is -0.104. The van der Waals surface area contributed by atoms with E-state index in [9.17, 15) is 14.0 Å². The van der Waals surface area contributed by atoms with Crippen molar-refractivity contribution in [3.8, 4) is 0 Å². The number of carbonyl (C=O) groups is 2. The van der Waals surface area contributed by atoms with E-state index in [1.165, 1.54) is 12.1 Å². The molecule has 0 saturated heterocycles. The van der Waals surface area contributed by atoms with Gasteiger partial charge in [0, 0.05) is 18.0 Å². The highest BCUT2D eigenvalue weighted by Gasteiger charge is 2.25. The molecular weight excluding hydrogens is 373 g/mol. The monoisotopic (exact) mass is 403 g/mol. The van der Waals surface area contributed by atoms with E-state index >= 15 is 0 Å². The fourth-order valence-corrected chi connectivity index (χ4v) is 2.54. The first-order valence-electron chi connectivity index (χ1n) is 9.53. The summed E-state index contributed by atoms with van der Waals surface area (Å²) in [5.41, 5.74) is 1.16. The van der Waals surface area contributed by atoms with Gasteiger partial charge in [0.2, 0.25) is 5.91 Å². The number of urea groups is 1. The maximum atomic E-state index is 12.9. The van der Waals surface area contributed by atoms with E-state index in [0.29, 0.717) is 5.82 Å². The van der Waals surface area contributed by atoms with E-state index < -0.39 is 6.03 Å². The molecular formula is C21H30FN5O2. The van der Waals surface area contributed by atoms with Gasteiger partial charge >= 0.3 is 6.03 Å². The summed E-state index contributed by atoms with van der Waals surface area (Å²) in [5, 5.41) is 12.6. The number of aromatic nitrogens is 2. The Hall–Kier alpha value is -2.90. The predicted octanol–water partition coefficient (Wildman–Crippen LogP) is 3.51. The van der Waals surface area contributed by atoms with Crippen molar-refractivity contribution in [2.45, 2.75) is 59.0 Å². The highest BCUT2D eigenvalue weighted by atomic mass is 19.1. The van der Waals surface area contributed by atoms with Gasteiger partial charge in [-0.3, -0.25) is 4.79 Å². The van der Waals surface area contributed by atoms with Crippen LogP contribution in [0.3, 0.4) is 0 Å². The van der Waals surface area contributed by atoms with Crippen LogP contribution in [0.25, 0.3) is 0 Å². The van der Waals surface area contributed by atoms with Gasteiger partial charge in [0.1, 0.15) is 11.6 Å². The minimum atomic E-state index is -0.482. The second-order valence-electron chi connectivity index (χ2n) is 8.96. The van der Waals surface area contributed by atoms with Gasteiger partial charge in [0.05, 0.1) is 17.8 Å². The molecule has 2 rings (SSSR count). The number of amides is 3. The molecule has 0 bridgehead atoms. The molecule has 0 aliphatic rings. The van der Waals surface area contributed by atoms with E-state index in [1.807, 2.05) is 26.8 Å². The zero-order chi connectivity index (χ0) is 21.8. The second kappa shape index (κ2) is 8.63. The van der Waals surface area contributed by atoms with Gasteiger partial charge < -0.3 is 16.0 Å². The summed E-state index contributed by atoms with van der Waals surface area (Å²) in [6.07, 6.45) is 0. The molecule has 1 heterocycles. The number of nitrogens with one attached hydrogen (secondary N) is 3. The summed E-state index contributed by atoms with van der Waals surface area (Å²) >= 11 is 0. The SMILES string of the molecule is CC(C)(C)c1cc(NC(=O)CNC(=O)NCc2ccc(F)cc2)n(C(C)(C)C)n1. The molecule has 3 amide bonds. The summed E-state index contributed by atoms with van der Waals surface area (Å²) in [7, 11) is 0. The van der Waals surface area contributed by atoms with Crippen molar-refractivity contribution >= 4 is 17.8 Å². The molecule has 0 radical (unpaired) electrons. The van der Waals surface area contributed by atoms with Crippen LogP contribution in [-0.2, 0) is 22.3 Å². The molecule has 0 fully saturated rings. The predicted molar refractivity (Wildman–Crippen MR) is 111 cm³/mol. The molecule has 7 nitrogen and oxygen atoms in total. The lowest BCUT2D eigenvalue weighted by molar-refractivity contribution is -0.115. The fraction of sp³-hybridized carbons (Fsp3) is 0.476. The van der Waals surface area contributed by atoms with Crippen LogP contribution in [0.2, 0.25) is 0 Å². The lowest BCUT2D eigenvalue weighted by atomic mass is 9.92. The standard InChI is InChI=1S/C21H30FN5O2/c1-20(2,3)16-11-17(27(26-16)21(4,5)6)25-18(28)13-24-19(29)23-12-14-7-9-15(22)10-8-14/h7-11H,12-13H2,1-6H3,(H,25,28)(H2,23,24,29). The quantitative estimate of drug-likeness (QED) is 0.714. The highest BCUT2D eigenvalue weighted by Crippen LogP contribution is 2.28. The van der Waals surface area contributed by atoms with Crippen LogP contribution < -0.4 is 16.0 Å². The molecule has 29 heavy (non-hydrogen) atoms. The van der Waals surface area contributed by atoms with Crippen LogP contribution in [0.5, 0.6) is 0 Å². The van der Waals surface area contributed by atoms with Crippen molar-refractivity contribution < 1.29 is 14.0 Å². The smallest absolute Gasteiger partial charge is 0.315 e. The van der Waals surface area contributed by atoms with E-state index in [1.54, 1.807) is 16.8 Å². The molecule has 1 aromatic carbocycles. The molecule has 0 atom stereocenters. The van der Waals surface area contributed by atoms with Crippen LogP contribution in [0.4, 0.5) is 15.0 Å². The summed E-state index contributed by atoms with van der Waals surface area (Å²) < 4.78 is 14.7. The van der Waals surface area contributed by atoms with Gasteiger partial charge in [-0.2, -0.15) is 5.10 Å². The maximum Gasteiger partial charge on any atom is 0.315 e. The maximum absolute atomic E-state index is 12.9. The Kier molecular flexibility index (Phi) is 6.66. The second-order valence-corrected chi connectivity index (χ2v) is 8.96. The van der Waals surface area contributed by atoms with Crippen molar-refractivity contribution in [1.82, 2.24) is 20.4 Å². The Labute approximate surface area is 171 Å².